The zero-order valence-corrected chi connectivity index (χ0v) is 19.1. The minimum absolute atomic E-state index is 0.139. The largest absolute Gasteiger partial charge is 0.508 e. The van der Waals surface area contributed by atoms with E-state index >= 15 is 0 Å². The fraction of sp³-hybridized carbons (Fsp3) is 0.345. The zero-order valence-electron chi connectivity index (χ0n) is 19.1. The number of carbonyl (C=O) groups is 1. The van der Waals surface area contributed by atoms with Gasteiger partial charge in [0.1, 0.15) is 5.75 Å². The SMILES string of the molecule is O=C(C1Cc2ccccc2CN1Cc1ccc(O)cc1)N1CCC(Cc2ccccc2)CC1. The number of rotatable bonds is 5. The lowest BCUT2D eigenvalue weighted by atomic mass is 9.88. The Balaban J connectivity index is 1.28. The molecule has 33 heavy (non-hydrogen) atoms. The Morgan fingerprint density at radius 2 is 1.48 bits per heavy atom. The van der Waals surface area contributed by atoms with Crippen molar-refractivity contribution in [3.05, 3.63) is 101 Å². The average molecular weight is 441 g/mol. The maximum absolute atomic E-state index is 13.7. The second kappa shape index (κ2) is 9.80. The lowest BCUT2D eigenvalue weighted by Gasteiger charge is -2.40. The number of nitrogens with zero attached hydrogens (tertiary/aromatic N) is 2. The van der Waals surface area contributed by atoms with Gasteiger partial charge in [-0.25, -0.2) is 0 Å². The minimum Gasteiger partial charge on any atom is -0.508 e. The summed E-state index contributed by atoms with van der Waals surface area (Å²) in [7, 11) is 0. The second-order valence-corrected chi connectivity index (χ2v) is 9.52. The summed E-state index contributed by atoms with van der Waals surface area (Å²) >= 11 is 0. The Morgan fingerprint density at radius 3 is 2.21 bits per heavy atom. The summed E-state index contributed by atoms with van der Waals surface area (Å²) in [6.07, 6.45) is 4.01. The molecule has 1 unspecified atom stereocenters. The number of phenolic OH excluding ortho intramolecular Hbond substituents is 1. The molecular formula is C29H32N2O2. The molecule has 3 aromatic carbocycles. The number of piperidine rings is 1. The summed E-state index contributed by atoms with van der Waals surface area (Å²) in [6.45, 7) is 3.18. The van der Waals surface area contributed by atoms with Crippen LogP contribution in [0.5, 0.6) is 5.75 Å². The van der Waals surface area contributed by atoms with Gasteiger partial charge in [-0.3, -0.25) is 9.69 Å². The third-order valence-corrected chi connectivity index (χ3v) is 7.25. The fourth-order valence-electron chi connectivity index (χ4n) is 5.34. The normalized spacial score (nSPS) is 19.3. The van der Waals surface area contributed by atoms with Crippen molar-refractivity contribution in [3.8, 4) is 5.75 Å². The van der Waals surface area contributed by atoms with E-state index < -0.39 is 0 Å². The Labute approximate surface area is 196 Å². The molecular weight excluding hydrogens is 408 g/mol. The predicted octanol–water partition coefficient (Wildman–Crippen LogP) is 4.80. The molecule has 170 valence electrons. The molecule has 1 saturated heterocycles. The fourth-order valence-corrected chi connectivity index (χ4v) is 5.34. The summed E-state index contributed by atoms with van der Waals surface area (Å²) in [6, 6.07) is 26.4. The minimum atomic E-state index is -0.139. The highest BCUT2D eigenvalue weighted by Gasteiger charge is 2.35. The first kappa shape index (κ1) is 21.7. The summed E-state index contributed by atoms with van der Waals surface area (Å²) < 4.78 is 0. The van der Waals surface area contributed by atoms with Gasteiger partial charge in [0.15, 0.2) is 0 Å². The van der Waals surface area contributed by atoms with Crippen LogP contribution in [0.15, 0.2) is 78.9 Å². The first-order valence-electron chi connectivity index (χ1n) is 12.1. The Bertz CT molecular complexity index is 1070. The highest BCUT2D eigenvalue weighted by Crippen LogP contribution is 2.28. The molecule has 0 saturated carbocycles. The number of aromatic hydroxyl groups is 1. The molecule has 1 N–H and O–H groups in total. The van der Waals surface area contributed by atoms with Crippen molar-refractivity contribution < 1.29 is 9.90 Å². The topological polar surface area (TPSA) is 43.8 Å². The molecule has 4 nitrogen and oxygen atoms in total. The van der Waals surface area contributed by atoms with Crippen LogP contribution in [-0.4, -0.2) is 39.9 Å². The Kier molecular flexibility index (Phi) is 6.45. The molecule has 0 radical (unpaired) electrons. The van der Waals surface area contributed by atoms with Crippen molar-refractivity contribution in [3.63, 3.8) is 0 Å². The summed E-state index contributed by atoms with van der Waals surface area (Å²) in [5.74, 6) is 1.19. The number of hydrogen-bond donors (Lipinski definition) is 1. The highest BCUT2D eigenvalue weighted by molar-refractivity contribution is 5.82. The summed E-state index contributed by atoms with van der Waals surface area (Å²) in [5, 5.41) is 9.64. The lowest BCUT2D eigenvalue weighted by Crippen LogP contribution is -2.53. The van der Waals surface area contributed by atoms with Crippen molar-refractivity contribution in [2.24, 2.45) is 5.92 Å². The van der Waals surface area contributed by atoms with Gasteiger partial charge in [-0.1, -0.05) is 66.7 Å². The summed E-state index contributed by atoms with van der Waals surface area (Å²) in [5.41, 5.74) is 5.11. The monoisotopic (exact) mass is 440 g/mol. The third kappa shape index (κ3) is 5.12. The maximum atomic E-state index is 13.7. The van der Waals surface area contributed by atoms with Crippen molar-refractivity contribution in [2.45, 2.75) is 44.8 Å². The smallest absolute Gasteiger partial charge is 0.240 e. The first-order valence-corrected chi connectivity index (χ1v) is 12.1. The van der Waals surface area contributed by atoms with E-state index in [1.54, 1.807) is 12.1 Å². The highest BCUT2D eigenvalue weighted by atomic mass is 16.3. The molecule has 5 rings (SSSR count). The van der Waals surface area contributed by atoms with E-state index in [4.69, 9.17) is 0 Å². The molecule has 1 amide bonds. The first-order chi connectivity index (χ1) is 16.2. The van der Waals surface area contributed by atoms with Crippen molar-refractivity contribution in [2.75, 3.05) is 13.1 Å². The molecule has 2 aliphatic rings. The number of hydrogen-bond acceptors (Lipinski definition) is 3. The molecule has 0 spiro atoms. The van der Waals surface area contributed by atoms with Gasteiger partial charge in [-0.15, -0.1) is 0 Å². The van der Waals surface area contributed by atoms with E-state index in [-0.39, 0.29) is 17.7 Å². The van der Waals surface area contributed by atoms with E-state index in [1.165, 1.54) is 16.7 Å². The Hall–Kier alpha value is -3.11. The molecule has 0 bridgehead atoms. The maximum Gasteiger partial charge on any atom is 0.240 e. The summed E-state index contributed by atoms with van der Waals surface area (Å²) in [4.78, 5) is 18.1. The standard InChI is InChI=1S/C29H32N2O2/c32-27-12-10-24(11-13-27)20-31-21-26-9-5-4-8-25(26)19-28(31)29(33)30-16-14-23(15-17-30)18-22-6-2-1-3-7-22/h1-13,23,28,32H,14-21H2. The van der Waals surface area contributed by atoms with Gasteiger partial charge in [0, 0.05) is 26.2 Å². The van der Waals surface area contributed by atoms with E-state index in [0.29, 0.717) is 12.5 Å². The predicted molar refractivity (Wildman–Crippen MR) is 131 cm³/mol. The van der Waals surface area contributed by atoms with Gasteiger partial charge < -0.3 is 10.0 Å². The molecule has 0 aliphatic carbocycles. The average Bonchev–Trinajstić information content (AvgIpc) is 2.86. The van der Waals surface area contributed by atoms with Gasteiger partial charge >= 0.3 is 0 Å². The molecule has 3 aromatic rings. The van der Waals surface area contributed by atoms with Crippen LogP contribution >= 0.6 is 0 Å². The molecule has 2 aliphatic heterocycles. The van der Waals surface area contributed by atoms with Gasteiger partial charge in [0.05, 0.1) is 6.04 Å². The van der Waals surface area contributed by atoms with Gasteiger partial charge in [-0.05, 0) is 66.0 Å². The molecule has 4 heteroatoms. The van der Waals surface area contributed by atoms with Gasteiger partial charge in [0.25, 0.3) is 0 Å². The number of amides is 1. The second-order valence-electron chi connectivity index (χ2n) is 9.52. The van der Waals surface area contributed by atoms with E-state index in [9.17, 15) is 9.90 Å². The number of likely N-dealkylation sites (tertiary alicyclic amines) is 1. The van der Waals surface area contributed by atoms with E-state index in [0.717, 1.165) is 50.9 Å². The lowest BCUT2D eigenvalue weighted by molar-refractivity contribution is -0.139. The van der Waals surface area contributed by atoms with Gasteiger partial charge in [-0.2, -0.15) is 0 Å². The number of carbonyl (C=O) groups excluding carboxylic acids is 1. The van der Waals surface area contributed by atoms with E-state index in [1.807, 2.05) is 12.1 Å². The van der Waals surface area contributed by atoms with Crippen LogP contribution in [0.3, 0.4) is 0 Å². The Morgan fingerprint density at radius 1 is 0.818 bits per heavy atom. The van der Waals surface area contributed by atoms with Crippen molar-refractivity contribution in [1.29, 1.82) is 0 Å². The molecule has 1 atom stereocenters. The van der Waals surface area contributed by atoms with Crippen LogP contribution in [0.2, 0.25) is 0 Å². The van der Waals surface area contributed by atoms with Crippen LogP contribution in [0.25, 0.3) is 0 Å². The van der Waals surface area contributed by atoms with Crippen LogP contribution in [-0.2, 0) is 30.7 Å². The number of benzene rings is 3. The van der Waals surface area contributed by atoms with Crippen molar-refractivity contribution in [1.82, 2.24) is 9.80 Å². The number of phenols is 1. The van der Waals surface area contributed by atoms with Crippen LogP contribution in [0.1, 0.15) is 35.1 Å². The van der Waals surface area contributed by atoms with Crippen LogP contribution in [0, 0.1) is 5.92 Å². The third-order valence-electron chi connectivity index (χ3n) is 7.25. The quantitative estimate of drug-likeness (QED) is 0.620. The zero-order chi connectivity index (χ0) is 22.6. The van der Waals surface area contributed by atoms with Crippen molar-refractivity contribution >= 4 is 5.91 Å². The van der Waals surface area contributed by atoms with E-state index in [2.05, 4.69) is 64.4 Å². The van der Waals surface area contributed by atoms with Gasteiger partial charge in [0.2, 0.25) is 5.91 Å². The van der Waals surface area contributed by atoms with Crippen LogP contribution < -0.4 is 0 Å². The number of fused-ring (bicyclic) bond motifs is 1. The van der Waals surface area contributed by atoms with Crippen LogP contribution in [0.4, 0.5) is 0 Å². The molecule has 1 fully saturated rings. The molecule has 2 heterocycles. The molecule has 0 aromatic heterocycles.